The quantitative estimate of drug-likeness (QED) is 0.713. The van der Waals surface area contributed by atoms with E-state index in [0.29, 0.717) is 18.7 Å². The second-order valence-electron chi connectivity index (χ2n) is 7.53. The zero-order valence-corrected chi connectivity index (χ0v) is 16.1. The average Bonchev–Trinajstić information content (AvgIpc) is 3.43. The number of aromatic amines is 1. The molecule has 7 heteroatoms. The SMILES string of the molecule is O=C(c1cccc(S(=O)(=O)NC2CC2)c1)N1CCc2[nH]c3ccccc3c2C1. The normalized spacial score (nSPS) is 16.9. The molecule has 1 aromatic heterocycles. The molecular weight excluding hydrogens is 374 g/mol. The highest BCUT2D eigenvalue weighted by Gasteiger charge is 2.29. The Labute approximate surface area is 163 Å². The van der Waals surface area contributed by atoms with Crippen LogP contribution < -0.4 is 4.72 Å². The molecule has 0 unspecified atom stereocenters. The lowest BCUT2D eigenvalue weighted by molar-refractivity contribution is 0.0735. The van der Waals surface area contributed by atoms with Gasteiger partial charge in [0.25, 0.3) is 5.91 Å². The number of rotatable bonds is 4. The first-order valence-corrected chi connectivity index (χ1v) is 11.0. The Morgan fingerprint density at radius 1 is 1.11 bits per heavy atom. The van der Waals surface area contributed by atoms with Crippen LogP contribution in [0.4, 0.5) is 0 Å². The summed E-state index contributed by atoms with van der Waals surface area (Å²) in [5.74, 6) is -0.139. The molecule has 1 aliphatic carbocycles. The summed E-state index contributed by atoms with van der Waals surface area (Å²) in [6.07, 6.45) is 2.51. The fourth-order valence-corrected chi connectivity index (χ4v) is 5.16. The molecule has 2 N–H and O–H groups in total. The molecule has 2 aromatic carbocycles. The van der Waals surface area contributed by atoms with Gasteiger partial charge in [0.15, 0.2) is 0 Å². The minimum atomic E-state index is -3.58. The molecule has 2 aliphatic rings. The fraction of sp³-hybridized carbons (Fsp3) is 0.286. The largest absolute Gasteiger partial charge is 0.358 e. The molecule has 1 saturated carbocycles. The maximum absolute atomic E-state index is 13.1. The minimum Gasteiger partial charge on any atom is -0.358 e. The average molecular weight is 395 g/mol. The summed E-state index contributed by atoms with van der Waals surface area (Å²) in [4.78, 5) is 18.5. The van der Waals surface area contributed by atoms with E-state index in [0.717, 1.165) is 35.7 Å². The maximum atomic E-state index is 13.1. The van der Waals surface area contributed by atoms with Gasteiger partial charge in [0.2, 0.25) is 10.0 Å². The molecule has 2 heterocycles. The van der Waals surface area contributed by atoms with Crippen molar-refractivity contribution in [1.29, 1.82) is 0 Å². The van der Waals surface area contributed by atoms with Crippen molar-refractivity contribution in [1.82, 2.24) is 14.6 Å². The van der Waals surface area contributed by atoms with E-state index in [-0.39, 0.29) is 16.8 Å². The van der Waals surface area contributed by atoms with E-state index >= 15 is 0 Å². The molecule has 0 bridgehead atoms. The molecule has 5 rings (SSSR count). The first kappa shape index (κ1) is 17.5. The Morgan fingerprint density at radius 2 is 1.93 bits per heavy atom. The fourth-order valence-electron chi connectivity index (χ4n) is 3.81. The van der Waals surface area contributed by atoms with Crippen LogP contribution in [0.25, 0.3) is 10.9 Å². The molecule has 1 aliphatic heterocycles. The number of para-hydroxylation sites is 1. The number of hydrogen-bond acceptors (Lipinski definition) is 3. The zero-order chi connectivity index (χ0) is 19.3. The summed E-state index contributed by atoms with van der Waals surface area (Å²) in [6, 6.07) is 14.5. The summed E-state index contributed by atoms with van der Waals surface area (Å²) in [5.41, 5.74) is 3.81. The van der Waals surface area contributed by atoms with Crippen molar-refractivity contribution in [2.75, 3.05) is 6.54 Å². The van der Waals surface area contributed by atoms with E-state index < -0.39 is 10.0 Å². The van der Waals surface area contributed by atoms with Crippen LogP contribution in [0.3, 0.4) is 0 Å². The van der Waals surface area contributed by atoms with Gasteiger partial charge in [0.1, 0.15) is 0 Å². The lowest BCUT2D eigenvalue weighted by Gasteiger charge is -2.27. The van der Waals surface area contributed by atoms with Gasteiger partial charge in [-0.1, -0.05) is 24.3 Å². The molecule has 1 fully saturated rings. The summed E-state index contributed by atoms with van der Waals surface area (Å²) in [6.45, 7) is 1.13. The van der Waals surface area contributed by atoms with Gasteiger partial charge in [-0.3, -0.25) is 4.79 Å². The minimum absolute atomic E-state index is 0.0340. The summed E-state index contributed by atoms with van der Waals surface area (Å²) in [7, 11) is -3.58. The highest BCUT2D eigenvalue weighted by molar-refractivity contribution is 7.89. The van der Waals surface area contributed by atoms with Crippen molar-refractivity contribution in [3.8, 4) is 0 Å². The van der Waals surface area contributed by atoms with Crippen LogP contribution in [0.15, 0.2) is 53.4 Å². The molecular formula is C21H21N3O3S. The van der Waals surface area contributed by atoms with Crippen LogP contribution in [0, 0.1) is 0 Å². The number of sulfonamides is 1. The molecule has 0 atom stereocenters. The lowest BCUT2D eigenvalue weighted by atomic mass is 10.0. The van der Waals surface area contributed by atoms with Crippen LogP contribution in [0.5, 0.6) is 0 Å². The number of nitrogens with zero attached hydrogens (tertiary/aromatic N) is 1. The first-order valence-electron chi connectivity index (χ1n) is 9.51. The second kappa shape index (κ2) is 6.46. The van der Waals surface area contributed by atoms with Crippen LogP contribution in [0.2, 0.25) is 0 Å². The van der Waals surface area contributed by atoms with Gasteiger partial charge in [-0.25, -0.2) is 13.1 Å². The van der Waals surface area contributed by atoms with Gasteiger partial charge >= 0.3 is 0 Å². The van der Waals surface area contributed by atoms with E-state index in [9.17, 15) is 13.2 Å². The van der Waals surface area contributed by atoms with Gasteiger partial charge in [0, 0.05) is 53.3 Å². The number of carbonyl (C=O) groups excluding carboxylic acids is 1. The number of hydrogen-bond donors (Lipinski definition) is 2. The number of amides is 1. The van der Waals surface area contributed by atoms with Gasteiger partial charge in [-0.05, 0) is 37.1 Å². The molecule has 1 amide bonds. The molecule has 6 nitrogen and oxygen atoms in total. The topological polar surface area (TPSA) is 82.3 Å². The Morgan fingerprint density at radius 3 is 2.75 bits per heavy atom. The van der Waals surface area contributed by atoms with Crippen molar-refractivity contribution >= 4 is 26.8 Å². The van der Waals surface area contributed by atoms with Crippen molar-refractivity contribution in [3.63, 3.8) is 0 Å². The van der Waals surface area contributed by atoms with E-state index in [1.54, 1.807) is 17.0 Å². The Balaban J connectivity index is 1.42. The standard InChI is InChI=1S/C21H21N3O3S/c25-21(14-4-3-5-16(12-14)28(26,27)23-15-8-9-15)24-11-10-20-18(13-24)17-6-1-2-7-19(17)22-20/h1-7,12,15,22-23H,8-11,13H2. The predicted octanol–water partition coefficient (Wildman–Crippen LogP) is 2.81. The zero-order valence-electron chi connectivity index (χ0n) is 15.3. The number of carbonyl (C=O) groups is 1. The van der Waals surface area contributed by atoms with Gasteiger partial charge in [0.05, 0.1) is 4.90 Å². The third-order valence-corrected chi connectivity index (χ3v) is 6.98. The molecule has 0 saturated heterocycles. The predicted molar refractivity (Wildman–Crippen MR) is 107 cm³/mol. The summed E-state index contributed by atoms with van der Waals surface area (Å²) >= 11 is 0. The number of benzene rings is 2. The molecule has 0 radical (unpaired) electrons. The number of fused-ring (bicyclic) bond motifs is 3. The van der Waals surface area contributed by atoms with Gasteiger partial charge in [-0.2, -0.15) is 0 Å². The molecule has 28 heavy (non-hydrogen) atoms. The number of nitrogens with one attached hydrogen (secondary N) is 2. The van der Waals surface area contributed by atoms with Crippen molar-refractivity contribution < 1.29 is 13.2 Å². The highest BCUT2D eigenvalue weighted by atomic mass is 32.2. The highest BCUT2D eigenvalue weighted by Crippen LogP contribution is 2.28. The van der Waals surface area contributed by atoms with E-state index in [1.165, 1.54) is 17.8 Å². The third-order valence-electron chi connectivity index (χ3n) is 5.46. The van der Waals surface area contributed by atoms with Crippen molar-refractivity contribution in [3.05, 3.63) is 65.4 Å². The van der Waals surface area contributed by atoms with Crippen LogP contribution in [-0.4, -0.2) is 36.8 Å². The third kappa shape index (κ3) is 3.10. The van der Waals surface area contributed by atoms with E-state index in [2.05, 4.69) is 15.8 Å². The van der Waals surface area contributed by atoms with E-state index in [1.807, 2.05) is 18.2 Å². The lowest BCUT2D eigenvalue weighted by Crippen LogP contribution is -2.36. The smallest absolute Gasteiger partial charge is 0.254 e. The monoisotopic (exact) mass is 395 g/mol. The van der Waals surface area contributed by atoms with Crippen molar-refractivity contribution in [2.45, 2.75) is 36.7 Å². The molecule has 144 valence electrons. The summed E-state index contributed by atoms with van der Waals surface area (Å²) in [5, 5.41) is 1.14. The molecule has 3 aromatic rings. The maximum Gasteiger partial charge on any atom is 0.254 e. The van der Waals surface area contributed by atoms with E-state index in [4.69, 9.17) is 0 Å². The van der Waals surface area contributed by atoms with Crippen LogP contribution >= 0.6 is 0 Å². The van der Waals surface area contributed by atoms with Crippen LogP contribution in [0.1, 0.15) is 34.5 Å². The van der Waals surface area contributed by atoms with Crippen molar-refractivity contribution in [2.24, 2.45) is 0 Å². The first-order chi connectivity index (χ1) is 13.5. The number of H-pyrrole nitrogens is 1. The summed E-state index contributed by atoms with van der Waals surface area (Å²) < 4.78 is 27.6. The Bertz CT molecular complexity index is 1180. The molecule has 0 spiro atoms. The van der Waals surface area contributed by atoms with Crippen LogP contribution in [-0.2, 0) is 23.0 Å². The van der Waals surface area contributed by atoms with Gasteiger partial charge in [-0.15, -0.1) is 0 Å². The second-order valence-corrected chi connectivity index (χ2v) is 9.24. The Kier molecular flexibility index (Phi) is 4.03. The Hall–Kier alpha value is -2.64. The van der Waals surface area contributed by atoms with Gasteiger partial charge < -0.3 is 9.88 Å². The number of aromatic nitrogens is 1.